The fourth-order valence-corrected chi connectivity index (χ4v) is 2.77. The summed E-state index contributed by atoms with van der Waals surface area (Å²) in [7, 11) is 0. The van der Waals surface area contributed by atoms with E-state index in [1.54, 1.807) is 0 Å². The van der Waals surface area contributed by atoms with Crippen molar-refractivity contribution in [2.24, 2.45) is 5.73 Å². The summed E-state index contributed by atoms with van der Waals surface area (Å²) in [4.78, 5) is 16.4. The zero-order valence-electron chi connectivity index (χ0n) is 15.1. The molecule has 0 saturated heterocycles. The molecule has 1 heterocycles. The van der Waals surface area contributed by atoms with Crippen LogP contribution in [-0.4, -0.2) is 19.1 Å². The Morgan fingerprint density at radius 2 is 1.92 bits per heavy atom. The second-order valence-electron chi connectivity index (χ2n) is 6.24. The van der Waals surface area contributed by atoms with Gasteiger partial charge in [0, 0.05) is 6.08 Å². The van der Waals surface area contributed by atoms with Crippen LogP contribution < -0.4 is 10.8 Å². The van der Waals surface area contributed by atoms with Crippen molar-refractivity contribution < 1.29 is 14.0 Å². The molecule has 1 amide bonds. The molecule has 0 aromatic heterocycles. The number of amides is 1. The average Bonchev–Trinajstić information content (AvgIpc) is 2.65. The number of hydroxylamine groups is 1. The molecular formula is C21H27FN2O2. The summed E-state index contributed by atoms with van der Waals surface area (Å²) in [5.74, 6) is -1.05. The molecule has 0 atom stereocenters. The average molecular weight is 358 g/mol. The van der Waals surface area contributed by atoms with Gasteiger partial charge in [-0.15, -0.1) is 0 Å². The van der Waals surface area contributed by atoms with Crippen molar-refractivity contribution in [1.29, 1.82) is 0 Å². The van der Waals surface area contributed by atoms with Crippen LogP contribution in [0.25, 0.3) is 6.08 Å². The molecule has 2 N–H and O–H groups in total. The first kappa shape index (κ1) is 19.9. The van der Waals surface area contributed by atoms with Crippen LogP contribution in [0.1, 0.15) is 44.1 Å². The molecular weight excluding hydrogens is 331 g/mol. The highest BCUT2D eigenvalue weighted by Crippen LogP contribution is 2.25. The Morgan fingerprint density at radius 3 is 2.77 bits per heavy atom. The Labute approximate surface area is 154 Å². The number of nitrogens with two attached hydrogens (primary N) is 1. The SMILES string of the molecule is NC(=O)C=CC(F)=CCCCCCCCON1CC=Cc2ccccc21. The number of allylic oxidation sites excluding steroid dienone is 3. The normalized spacial score (nSPS) is 14.0. The highest BCUT2D eigenvalue weighted by molar-refractivity contribution is 5.86. The number of halogens is 1. The van der Waals surface area contributed by atoms with Crippen molar-refractivity contribution in [2.75, 3.05) is 18.2 Å². The quantitative estimate of drug-likeness (QED) is 0.355. The third-order valence-electron chi connectivity index (χ3n) is 4.12. The summed E-state index contributed by atoms with van der Waals surface area (Å²) in [6, 6.07) is 8.21. The number of primary amides is 1. The molecule has 5 heteroatoms. The zero-order chi connectivity index (χ0) is 18.6. The Hall–Kier alpha value is -2.40. The predicted molar refractivity (Wildman–Crippen MR) is 104 cm³/mol. The van der Waals surface area contributed by atoms with Crippen molar-refractivity contribution in [3.63, 3.8) is 0 Å². The molecule has 26 heavy (non-hydrogen) atoms. The maximum Gasteiger partial charge on any atom is 0.241 e. The summed E-state index contributed by atoms with van der Waals surface area (Å²) < 4.78 is 13.3. The predicted octanol–water partition coefficient (Wildman–Crippen LogP) is 4.69. The molecule has 1 aromatic carbocycles. The van der Waals surface area contributed by atoms with E-state index in [4.69, 9.17) is 10.6 Å². The van der Waals surface area contributed by atoms with Gasteiger partial charge in [0.1, 0.15) is 5.83 Å². The number of carbonyl (C=O) groups is 1. The number of benzene rings is 1. The molecule has 0 aliphatic carbocycles. The highest BCUT2D eigenvalue weighted by atomic mass is 19.1. The van der Waals surface area contributed by atoms with E-state index in [9.17, 15) is 9.18 Å². The van der Waals surface area contributed by atoms with E-state index < -0.39 is 11.7 Å². The van der Waals surface area contributed by atoms with E-state index in [2.05, 4.69) is 24.3 Å². The number of carbonyl (C=O) groups excluding carboxylic acids is 1. The van der Waals surface area contributed by atoms with Gasteiger partial charge in [-0.1, -0.05) is 49.6 Å². The van der Waals surface area contributed by atoms with Gasteiger partial charge in [0.05, 0.1) is 18.8 Å². The van der Waals surface area contributed by atoms with Gasteiger partial charge in [0.2, 0.25) is 5.91 Å². The third kappa shape index (κ3) is 7.23. The number of anilines is 1. The number of fused-ring (bicyclic) bond motifs is 1. The van der Waals surface area contributed by atoms with Gasteiger partial charge in [-0.05, 0) is 43.0 Å². The maximum atomic E-state index is 13.3. The van der Waals surface area contributed by atoms with Crippen LogP contribution in [-0.2, 0) is 9.63 Å². The minimum atomic E-state index is -0.639. The Morgan fingerprint density at radius 1 is 1.15 bits per heavy atom. The van der Waals surface area contributed by atoms with Crippen LogP contribution in [0.15, 0.2) is 54.4 Å². The second kappa shape index (κ2) is 11.3. The lowest BCUT2D eigenvalue weighted by Gasteiger charge is -2.27. The van der Waals surface area contributed by atoms with Crippen molar-refractivity contribution >= 4 is 17.7 Å². The monoisotopic (exact) mass is 358 g/mol. The lowest BCUT2D eigenvalue weighted by molar-refractivity contribution is -0.113. The first-order chi connectivity index (χ1) is 12.7. The number of hydrogen-bond acceptors (Lipinski definition) is 3. The largest absolute Gasteiger partial charge is 0.366 e. The zero-order valence-corrected chi connectivity index (χ0v) is 15.1. The first-order valence-corrected chi connectivity index (χ1v) is 9.16. The number of rotatable bonds is 11. The Balaban J connectivity index is 1.52. The number of para-hydroxylation sites is 1. The molecule has 140 valence electrons. The van der Waals surface area contributed by atoms with Crippen LogP contribution in [0.3, 0.4) is 0 Å². The van der Waals surface area contributed by atoms with E-state index in [0.29, 0.717) is 13.0 Å². The number of nitrogens with zero attached hydrogens (tertiary/aromatic N) is 1. The van der Waals surface area contributed by atoms with Crippen molar-refractivity contribution in [1.82, 2.24) is 0 Å². The topological polar surface area (TPSA) is 55.6 Å². The Bertz CT molecular complexity index is 668. The second-order valence-corrected chi connectivity index (χ2v) is 6.24. The molecule has 0 saturated carbocycles. The van der Waals surface area contributed by atoms with Gasteiger partial charge < -0.3 is 5.73 Å². The van der Waals surface area contributed by atoms with E-state index in [1.807, 2.05) is 17.2 Å². The third-order valence-corrected chi connectivity index (χ3v) is 4.12. The van der Waals surface area contributed by atoms with Gasteiger partial charge in [-0.3, -0.25) is 9.63 Å². The lowest BCUT2D eigenvalue weighted by Crippen LogP contribution is -2.26. The summed E-state index contributed by atoms with van der Waals surface area (Å²) in [5, 5.41) is 1.95. The molecule has 0 fully saturated rings. The molecule has 0 spiro atoms. The van der Waals surface area contributed by atoms with Gasteiger partial charge >= 0.3 is 0 Å². The molecule has 0 bridgehead atoms. The van der Waals surface area contributed by atoms with Gasteiger partial charge in [0.15, 0.2) is 0 Å². The number of unbranched alkanes of at least 4 members (excludes halogenated alkanes) is 5. The van der Waals surface area contributed by atoms with Crippen molar-refractivity contribution in [2.45, 2.75) is 38.5 Å². The Kier molecular flexibility index (Phi) is 8.63. The fourth-order valence-electron chi connectivity index (χ4n) is 2.77. The number of hydrogen-bond donors (Lipinski definition) is 1. The van der Waals surface area contributed by atoms with Crippen LogP contribution in [0.2, 0.25) is 0 Å². The molecule has 0 unspecified atom stereocenters. The summed E-state index contributed by atoms with van der Waals surface area (Å²) in [6.45, 7) is 1.48. The maximum absolute atomic E-state index is 13.3. The minimum absolute atomic E-state index is 0.409. The molecule has 2 rings (SSSR count). The van der Waals surface area contributed by atoms with Gasteiger partial charge in [0.25, 0.3) is 0 Å². The van der Waals surface area contributed by atoms with E-state index in [1.165, 1.54) is 11.6 Å². The van der Waals surface area contributed by atoms with E-state index >= 15 is 0 Å². The van der Waals surface area contributed by atoms with Crippen LogP contribution in [0, 0.1) is 0 Å². The first-order valence-electron chi connectivity index (χ1n) is 9.16. The summed E-state index contributed by atoms with van der Waals surface area (Å²) in [6.07, 6.45) is 13.7. The molecule has 0 radical (unpaired) electrons. The van der Waals surface area contributed by atoms with Crippen LogP contribution in [0.4, 0.5) is 10.1 Å². The van der Waals surface area contributed by atoms with Crippen molar-refractivity contribution in [3.8, 4) is 0 Å². The van der Waals surface area contributed by atoms with E-state index in [-0.39, 0.29) is 0 Å². The fraction of sp³-hybridized carbons (Fsp3) is 0.381. The minimum Gasteiger partial charge on any atom is -0.366 e. The molecule has 1 aliphatic heterocycles. The summed E-state index contributed by atoms with van der Waals surface area (Å²) >= 11 is 0. The lowest BCUT2D eigenvalue weighted by atomic mass is 10.1. The van der Waals surface area contributed by atoms with Gasteiger partial charge in [-0.2, -0.15) is 0 Å². The molecule has 1 aliphatic rings. The summed E-state index contributed by atoms with van der Waals surface area (Å²) in [5.41, 5.74) is 7.21. The van der Waals surface area contributed by atoms with Crippen molar-refractivity contribution in [3.05, 3.63) is 60.0 Å². The standard InChI is InChI=1S/C21H27FN2O2/c22-19(14-15-21(23)25)12-5-3-1-2-4-8-17-26-24-16-9-11-18-10-6-7-13-20(18)24/h6-7,9-15H,1-5,8,16-17H2,(H2,23,25). The van der Waals surface area contributed by atoms with E-state index in [0.717, 1.165) is 56.5 Å². The smallest absolute Gasteiger partial charge is 0.241 e. The highest BCUT2D eigenvalue weighted by Gasteiger charge is 2.12. The van der Waals surface area contributed by atoms with Gasteiger partial charge in [-0.25, -0.2) is 9.45 Å². The molecule has 4 nitrogen and oxygen atoms in total. The van der Waals surface area contributed by atoms with Crippen LogP contribution >= 0.6 is 0 Å². The molecule has 1 aromatic rings. The van der Waals surface area contributed by atoms with Crippen LogP contribution in [0.5, 0.6) is 0 Å².